The van der Waals surface area contributed by atoms with Crippen LogP contribution >= 0.6 is 0 Å². The van der Waals surface area contributed by atoms with E-state index in [1.807, 2.05) is 61.5 Å². The minimum Gasteiger partial charge on any atom is -0.507 e. The maximum atomic E-state index is 12.9. The molecular weight excluding hydrogens is 440 g/mol. The number of carbonyl (C=O) groups is 1. The SMILES string of the molecule is Cc1ccc2c(N3CCN(C(=O)[C@H](O)Cc4ccccc4)CC3)nc(-c3ccccc3O)nc2c1.[HH].[HH]. The number of benzene rings is 3. The second-order valence-electron chi connectivity index (χ2n) is 8.93. The number of aromatic hydroxyl groups is 1. The van der Waals surface area contributed by atoms with E-state index in [0.29, 0.717) is 44.0 Å². The first-order chi connectivity index (χ1) is 17.0. The molecule has 0 aliphatic carbocycles. The van der Waals surface area contributed by atoms with E-state index in [1.54, 1.807) is 23.1 Å². The molecule has 2 heterocycles. The van der Waals surface area contributed by atoms with Crippen LogP contribution in [0.15, 0.2) is 72.8 Å². The first kappa shape index (κ1) is 22.8. The molecule has 35 heavy (non-hydrogen) atoms. The van der Waals surface area contributed by atoms with Gasteiger partial charge in [0.15, 0.2) is 5.82 Å². The minimum atomic E-state index is -1.06. The van der Waals surface area contributed by atoms with Gasteiger partial charge in [-0.15, -0.1) is 0 Å². The standard InChI is InChI=1S/C28H28N4O3.2H2/c1-19-11-12-21-23(17-19)29-26(22-9-5-6-10-24(22)33)30-27(21)31-13-15-32(16-14-31)28(35)25(34)18-20-7-3-2-4-8-20;;/h2-12,17,25,33-34H,13-16,18H2,1H3;2*1H/t25-;;/m1../s1. The molecule has 1 saturated heterocycles. The molecule has 0 radical (unpaired) electrons. The number of carbonyl (C=O) groups excluding carboxylic acids is 1. The zero-order chi connectivity index (χ0) is 24.4. The Balaban J connectivity index is 0.00000190. The topological polar surface area (TPSA) is 89.8 Å². The van der Waals surface area contributed by atoms with Crippen molar-refractivity contribution in [2.45, 2.75) is 19.4 Å². The number of piperazine rings is 1. The third-order valence-corrected chi connectivity index (χ3v) is 6.43. The third kappa shape index (κ3) is 4.81. The van der Waals surface area contributed by atoms with Gasteiger partial charge in [-0.25, -0.2) is 9.97 Å². The number of aryl methyl sites for hydroxylation is 1. The van der Waals surface area contributed by atoms with Gasteiger partial charge in [-0.1, -0.05) is 48.5 Å². The van der Waals surface area contributed by atoms with Crippen molar-refractivity contribution in [2.24, 2.45) is 0 Å². The second-order valence-corrected chi connectivity index (χ2v) is 8.93. The van der Waals surface area contributed by atoms with Crippen molar-refractivity contribution in [1.82, 2.24) is 14.9 Å². The lowest BCUT2D eigenvalue weighted by Crippen LogP contribution is -2.52. The molecule has 7 nitrogen and oxygen atoms in total. The molecule has 0 spiro atoms. The quantitative estimate of drug-likeness (QED) is 0.455. The fourth-order valence-corrected chi connectivity index (χ4v) is 4.52. The fraction of sp³-hybridized carbons (Fsp3) is 0.250. The molecule has 1 amide bonds. The number of amides is 1. The monoisotopic (exact) mass is 472 g/mol. The smallest absolute Gasteiger partial charge is 0.251 e. The summed E-state index contributed by atoms with van der Waals surface area (Å²) in [4.78, 5) is 26.3. The lowest BCUT2D eigenvalue weighted by atomic mass is 10.1. The molecule has 0 unspecified atom stereocenters. The maximum absolute atomic E-state index is 12.9. The molecule has 182 valence electrons. The number of phenolic OH excluding ortho intramolecular Hbond substituents is 1. The molecule has 1 aromatic heterocycles. The Morgan fingerprint density at radius 2 is 1.69 bits per heavy atom. The molecule has 3 aromatic carbocycles. The van der Waals surface area contributed by atoms with E-state index in [9.17, 15) is 15.0 Å². The van der Waals surface area contributed by atoms with Crippen molar-refractivity contribution in [3.63, 3.8) is 0 Å². The minimum absolute atomic E-state index is 0. The van der Waals surface area contributed by atoms with Crippen LogP contribution in [0.2, 0.25) is 0 Å². The average molecular weight is 473 g/mol. The number of rotatable bonds is 5. The molecule has 1 fully saturated rings. The summed E-state index contributed by atoms with van der Waals surface area (Å²) in [7, 11) is 0. The summed E-state index contributed by atoms with van der Waals surface area (Å²) < 4.78 is 0. The van der Waals surface area contributed by atoms with Crippen LogP contribution in [0.4, 0.5) is 5.82 Å². The lowest BCUT2D eigenvalue weighted by Gasteiger charge is -2.36. The Morgan fingerprint density at radius 3 is 2.43 bits per heavy atom. The highest BCUT2D eigenvalue weighted by Crippen LogP contribution is 2.32. The van der Waals surface area contributed by atoms with Gasteiger partial charge in [0.25, 0.3) is 5.91 Å². The Hall–Kier alpha value is -3.97. The summed E-state index contributed by atoms with van der Waals surface area (Å²) in [6, 6.07) is 22.7. The van der Waals surface area contributed by atoms with Crippen LogP contribution in [-0.4, -0.2) is 63.3 Å². The molecule has 7 heteroatoms. The lowest BCUT2D eigenvalue weighted by molar-refractivity contribution is -0.140. The van der Waals surface area contributed by atoms with Crippen LogP contribution in [0, 0.1) is 6.92 Å². The molecule has 2 N–H and O–H groups in total. The highest BCUT2D eigenvalue weighted by molar-refractivity contribution is 5.92. The number of fused-ring (bicyclic) bond motifs is 1. The Bertz CT molecular complexity index is 1360. The van der Waals surface area contributed by atoms with Gasteiger partial charge >= 0.3 is 0 Å². The van der Waals surface area contributed by atoms with Crippen molar-refractivity contribution < 1.29 is 17.9 Å². The number of aliphatic hydroxyl groups excluding tert-OH is 1. The zero-order valence-corrected chi connectivity index (χ0v) is 19.6. The highest BCUT2D eigenvalue weighted by atomic mass is 16.3. The van der Waals surface area contributed by atoms with Gasteiger partial charge < -0.3 is 20.0 Å². The normalized spacial score (nSPS) is 14.8. The maximum Gasteiger partial charge on any atom is 0.251 e. The highest BCUT2D eigenvalue weighted by Gasteiger charge is 2.28. The van der Waals surface area contributed by atoms with Crippen LogP contribution in [-0.2, 0) is 11.2 Å². The zero-order valence-electron chi connectivity index (χ0n) is 19.6. The molecular formula is C28H32N4O3. The van der Waals surface area contributed by atoms with Crippen LogP contribution in [0.5, 0.6) is 5.75 Å². The molecule has 1 atom stereocenters. The average Bonchev–Trinajstić information content (AvgIpc) is 2.88. The Morgan fingerprint density at radius 1 is 0.971 bits per heavy atom. The molecule has 4 aromatic rings. The number of hydrogen-bond acceptors (Lipinski definition) is 6. The number of para-hydroxylation sites is 1. The molecule has 1 aliphatic heterocycles. The number of aliphatic hydroxyl groups is 1. The van der Waals surface area contributed by atoms with Crippen molar-refractivity contribution in [3.8, 4) is 17.1 Å². The number of anilines is 1. The van der Waals surface area contributed by atoms with E-state index in [1.165, 1.54) is 0 Å². The van der Waals surface area contributed by atoms with Gasteiger partial charge in [-0.05, 0) is 42.3 Å². The van der Waals surface area contributed by atoms with E-state index in [0.717, 1.165) is 27.8 Å². The van der Waals surface area contributed by atoms with Gasteiger partial charge in [-0.3, -0.25) is 4.79 Å². The van der Waals surface area contributed by atoms with E-state index < -0.39 is 6.10 Å². The molecule has 5 rings (SSSR count). The third-order valence-electron chi connectivity index (χ3n) is 6.43. The van der Waals surface area contributed by atoms with Crippen LogP contribution in [0.3, 0.4) is 0 Å². The number of nitrogens with zero attached hydrogens (tertiary/aromatic N) is 4. The Kier molecular flexibility index (Phi) is 6.33. The predicted octanol–water partition coefficient (Wildman–Crippen LogP) is 4.06. The van der Waals surface area contributed by atoms with Gasteiger partial charge in [-0.2, -0.15) is 0 Å². The second kappa shape index (κ2) is 9.72. The van der Waals surface area contributed by atoms with Crippen LogP contribution in [0.1, 0.15) is 14.0 Å². The first-order valence-electron chi connectivity index (χ1n) is 11.8. The summed E-state index contributed by atoms with van der Waals surface area (Å²) in [5, 5.41) is 21.8. The summed E-state index contributed by atoms with van der Waals surface area (Å²) in [5.74, 6) is 1.14. The number of hydrogen-bond donors (Lipinski definition) is 2. The van der Waals surface area contributed by atoms with Crippen molar-refractivity contribution in [2.75, 3.05) is 31.1 Å². The summed E-state index contributed by atoms with van der Waals surface area (Å²) in [6.07, 6.45) is -0.751. The summed E-state index contributed by atoms with van der Waals surface area (Å²) in [5.41, 5.74) is 3.42. The fourth-order valence-electron chi connectivity index (χ4n) is 4.52. The van der Waals surface area contributed by atoms with Crippen molar-refractivity contribution >= 4 is 22.6 Å². The van der Waals surface area contributed by atoms with Crippen LogP contribution in [0.25, 0.3) is 22.3 Å². The molecule has 0 bridgehead atoms. The first-order valence-corrected chi connectivity index (χ1v) is 11.8. The largest absolute Gasteiger partial charge is 0.507 e. The summed E-state index contributed by atoms with van der Waals surface area (Å²) in [6.45, 7) is 4.18. The van der Waals surface area contributed by atoms with Crippen molar-refractivity contribution in [1.29, 1.82) is 0 Å². The number of aromatic nitrogens is 2. The Labute approximate surface area is 207 Å². The van der Waals surface area contributed by atoms with E-state index >= 15 is 0 Å². The van der Waals surface area contributed by atoms with Gasteiger partial charge in [0, 0.05) is 40.8 Å². The van der Waals surface area contributed by atoms with Crippen LogP contribution < -0.4 is 4.90 Å². The van der Waals surface area contributed by atoms with Crippen molar-refractivity contribution in [3.05, 3.63) is 83.9 Å². The molecule has 0 saturated carbocycles. The summed E-state index contributed by atoms with van der Waals surface area (Å²) >= 11 is 0. The van der Waals surface area contributed by atoms with Gasteiger partial charge in [0.1, 0.15) is 17.7 Å². The van der Waals surface area contributed by atoms with E-state index in [4.69, 9.17) is 9.97 Å². The molecule has 1 aliphatic rings. The number of phenols is 1. The van der Waals surface area contributed by atoms with E-state index in [2.05, 4.69) is 4.90 Å². The predicted molar refractivity (Wildman–Crippen MR) is 141 cm³/mol. The van der Waals surface area contributed by atoms with E-state index in [-0.39, 0.29) is 14.5 Å². The van der Waals surface area contributed by atoms with Gasteiger partial charge in [0.05, 0.1) is 11.1 Å². The van der Waals surface area contributed by atoms with Gasteiger partial charge in [0.2, 0.25) is 0 Å².